The normalized spacial score (nSPS) is 10.0. The molecule has 0 bridgehead atoms. The van der Waals surface area contributed by atoms with Crippen molar-refractivity contribution < 1.29 is 14.6 Å². The first-order valence-electron chi connectivity index (χ1n) is 5.41. The van der Waals surface area contributed by atoms with E-state index in [-0.39, 0.29) is 27.5 Å². The molecule has 2 rings (SSSR count). The Morgan fingerprint density at radius 1 is 1.00 bits per heavy atom. The number of rotatable bonds is 5. The molecule has 0 aromatic heterocycles. The average Bonchev–Trinajstić information content (AvgIpc) is 2.39. The molecule has 18 heavy (non-hydrogen) atoms. The third kappa shape index (κ3) is 4.06. The molecule has 0 heterocycles. The van der Waals surface area contributed by atoms with Crippen LogP contribution in [0, 0.1) is 0 Å². The molecule has 0 saturated carbocycles. The third-order valence-corrected chi connectivity index (χ3v) is 5.06. The van der Waals surface area contributed by atoms with Crippen LogP contribution in [0.15, 0.2) is 54.6 Å². The van der Waals surface area contributed by atoms with Crippen molar-refractivity contribution in [3.8, 4) is 5.75 Å². The number of benzene rings is 2. The van der Waals surface area contributed by atoms with E-state index in [4.69, 9.17) is 9.84 Å². The van der Waals surface area contributed by atoms with Crippen LogP contribution >= 0.6 is 0 Å². The van der Waals surface area contributed by atoms with E-state index in [2.05, 4.69) is 12.1 Å². The van der Waals surface area contributed by atoms with Crippen molar-refractivity contribution >= 4 is 34.1 Å². The topological polar surface area (TPSA) is 46.5 Å². The zero-order valence-electron chi connectivity index (χ0n) is 9.58. The second-order valence-corrected chi connectivity index (χ2v) is 6.84. The Morgan fingerprint density at radius 3 is 2.22 bits per heavy atom. The summed E-state index contributed by atoms with van der Waals surface area (Å²) in [7, 11) is 0. The molecule has 92 valence electrons. The molecule has 0 aliphatic rings. The van der Waals surface area contributed by atoms with E-state index in [0.717, 1.165) is 0 Å². The fraction of sp³-hybridized carbons (Fsp3) is 0.0714. The molecule has 1 N–H and O–H groups in total. The minimum absolute atomic E-state index is 0.297. The van der Waals surface area contributed by atoms with Gasteiger partial charge in [-0.25, -0.2) is 0 Å². The summed E-state index contributed by atoms with van der Waals surface area (Å²) < 4.78 is 7.76. The first-order valence-corrected chi connectivity index (χ1v) is 7.74. The number of carboxylic acids is 1. The van der Waals surface area contributed by atoms with Gasteiger partial charge in [0.1, 0.15) is 0 Å². The number of carbonyl (C=O) groups is 1. The molecule has 2 aromatic carbocycles. The molecule has 0 unspecified atom stereocenters. The Morgan fingerprint density at radius 2 is 1.61 bits per heavy atom. The van der Waals surface area contributed by atoms with E-state index in [1.54, 1.807) is 0 Å². The zero-order valence-corrected chi connectivity index (χ0v) is 11.9. The molecule has 0 atom stereocenters. The molecule has 0 spiro atoms. The van der Waals surface area contributed by atoms with Gasteiger partial charge in [0.2, 0.25) is 0 Å². The van der Waals surface area contributed by atoms with E-state index in [1.165, 1.54) is 7.22 Å². The van der Waals surface area contributed by atoms with Crippen molar-refractivity contribution in [1.82, 2.24) is 0 Å². The molecule has 0 radical (unpaired) electrons. The van der Waals surface area contributed by atoms with Crippen molar-refractivity contribution in [3.05, 3.63) is 54.6 Å². The second-order valence-electron chi connectivity index (χ2n) is 3.57. The molecule has 0 saturated heterocycles. The van der Waals surface area contributed by atoms with Crippen molar-refractivity contribution in [1.29, 1.82) is 0 Å². The van der Waals surface area contributed by atoms with Gasteiger partial charge in [-0.2, -0.15) is 0 Å². The van der Waals surface area contributed by atoms with Crippen LogP contribution in [0.4, 0.5) is 0 Å². The molecular weight excluding hydrogens is 344 g/mol. The van der Waals surface area contributed by atoms with Crippen LogP contribution in [-0.4, -0.2) is 38.6 Å². The van der Waals surface area contributed by atoms with Gasteiger partial charge in [0.05, 0.1) is 0 Å². The van der Waals surface area contributed by atoms with E-state index >= 15 is 0 Å². The van der Waals surface area contributed by atoms with E-state index in [0.29, 0.717) is 5.75 Å². The van der Waals surface area contributed by atoms with Gasteiger partial charge in [0.15, 0.2) is 0 Å². The van der Waals surface area contributed by atoms with Gasteiger partial charge in [-0.3, -0.25) is 0 Å². The van der Waals surface area contributed by atoms with Crippen LogP contribution in [0.25, 0.3) is 0 Å². The monoisotopic (exact) mass is 358 g/mol. The standard InChI is InChI=1S/C14H12O3Te/c15-14(16)10-17-11-6-8-13(9-7-11)18-12-4-2-1-3-5-12/h1-9H,10H2,(H,15,16). The van der Waals surface area contributed by atoms with Gasteiger partial charge >= 0.3 is 116 Å². The van der Waals surface area contributed by atoms with Gasteiger partial charge in [-0.15, -0.1) is 0 Å². The van der Waals surface area contributed by atoms with Gasteiger partial charge in [-0.1, -0.05) is 0 Å². The van der Waals surface area contributed by atoms with Gasteiger partial charge in [-0.05, 0) is 0 Å². The van der Waals surface area contributed by atoms with E-state index in [9.17, 15) is 4.79 Å². The average molecular weight is 356 g/mol. The maximum absolute atomic E-state index is 10.4. The molecule has 0 amide bonds. The maximum atomic E-state index is 10.4. The fourth-order valence-electron chi connectivity index (χ4n) is 1.37. The van der Waals surface area contributed by atoms with Crippen LogP contribution in [0.1, 0.15) is 0 Å². The Hall–Kier alpha value is -1.50. The van der Waals surface area contributed by atoms with E-state index < -0.39 is 5.97 Å². The van der Waals surface area contributed by atoms with Crippen molar-refractivity contribution in [2.75, 3.05) is 6.61 Å². The van der Waals surface area contributed by atoms with E-state index in [1.807, 2.05) is 42.5 Å². The number of hydrogen-bond acceptors (Lipinski definition) is 2. The molecule has 0 aliphatic carbocycles. The number of aliphatic carboxylic acids is 1. The molecule has 3 nitrogen and oxygen atoms in total. The Kier molecular flexibility index (Phi) is 4.63. The quantitative estimate of drug-likeness (QED) is 0.807. The van der Waals surface area contributed by atoms with Crippen molar-refractivity contribution in [3.63, 3.8) is 0 Å². The summed E-state index contributed by atoms with van der Waals surface area (Å²) in [4.78, 5) is 10.4. The summed E-state index contributed by atoms with van der Waals surface area (Å²) >= 11 is -0.368. The SMILES string of the molecule is O=C(O)COc1ccc([Te]c2ccccc2)cc1. The van der Waals surface area contributed by atoms with Crippen molar-refractivity contribution in [2.24, 2.45) is 0 Å². The summed E-state index contributed by atoms with van der Waals surface area (Å²) in [5.41, 5.74) is 0. The van der Waals surface area contributed by atoms with Crippen LogP contribution in [-0.2, 0) is 4.79 Å². The summed E-state index contributed by atoms with van der Waals surface area (Å²) in [6.07, 6.45) is 0. The Labute approximate surface area is 115 Å². The second kappa shape index (κ2) is 6.44. The molecule has 0 fully saturated rings. The molecular formula is C14H12O3Te. The summed E-state index contributed by atoms with van der Waals surface area (Å²) in [6.45, 7) is -0.297. The molecule has 2 aromatic rings. The first-order chi connectivity index (χ1) is 8.74. The Balaban J connectivity index is 1.97. The molecule has 0 aliphatic heterocycles. The third-order valence-electron chi connectivity index (χ3n) is 2.16. The summed E-state index contributed by atoms with van der Waals surface area (Å²) in [5, 5.41) is 8.51. The number of hydrogen-bond donors (Lipinski definition) is 1. The van der Waals surface area contributed by atoms with Crippen LogP contribution < -0.4 is 12.0 Å². The number of ether oxygens (including phenoxy) is 1. The predicted octanol–water partition coefficient (Wildman–Crippen LogP) is 0.805. The van der Waals surface area contributed by atoms with Gasteiger partial charge in [0, 0.05) is 0 Å². The zero-order chi connectivity index (χ0) is 12.8. The molecule has 4 heteroatoms. The van der Waals surface area contributed by atoms with Crippen molar-refractivity contribution in [2.45, 2.75) is 0 Å². The number of carboxylic acid groups (broad SMARTS) is 1. The van der Waals surface area contributed by atoms with Gasteiger partial charge in [0.25, 0.3) is 0 Å². The van der Waals surface area contributed by atoms with Crippen LogP contribution in [0.2, 0.25) is 0 Å². The fourth-order valence-corrected chi connectivity index (χ4v) is 3.76. The Bertz CT molecular complexity index is 508. The summed E-state index contributed by atoms with van der Waals surface area (Å²) in [6, 6.07) is 18.0. The first kappa shape index (κ1) is 12.9. The van der Waals surface area contributed by atoms with Crippen LogP contribution in [0.3, 0.4) is 0 Å². The minimum atomic E-state index is -0.961. The van der Waals surface area contributed by atoms with Crippen LogP contribution in [0.5, 0.6) is 5.75 Å². The van der Waals surface area contributed by atoms with Gasteiger partial charge < -0.3 is 0 Å². The predicted molar refractivity (Wildman–Crippen MR) is 71.0 cm³/mol. The summed E-state index contributed by atoms with van der Waals surface area (Å²) in [5.74, 6) is -0.362.